The first-order valence-corrected chi connectivity index (χ1v) is 6.29. The molecule has 1 aromatic carbocycles. The van der Waals surface area contributed by atoms with Gasteiger partial charge in [-0.25, -0.2) is 4.39 Å². The molecule has 0 amide bonds. The quantitative estimate of drug-likeness (QED) is 0.837. The SMILES string of the molecule is CC(NC1C(C)(C)C1(C)C)c1ccccc1F. The first-order chi connectivity index (χ1) is 7.78. The summed E-state index contributed by atoms with van der Waals surface area (Å²) in [4.78, 5) is 0. The van der Waals surface area contributed by atoms with Gasteiger partial charge in [0.1, 0.15) is 5.82 Å². The number of benzene rings is 1. The molecule has 1 atom stereocenters. The summed E-state index contributed by atoms with van der Waals surface area (Å²) < 4.78 is 13.7. The Morgan fingerprint density at radius 3 is 2.12 bits per heavy atom. The number of nitrogens with one attached hydrogen (secondary N) is 1. The van der Waals surface area contributed by atoms with Crippen molar-refractivity contribution in [3.63, 3.8) is 0 Å². The maximum absolute atomic E-state index is 13.7. The Labute approximate surface area is 103 Å². The highest BCUT2D eigenvalue weighted by molar-refractivity contribution is 5.24. The van der Waals surface area contributed by atoms with E-state index in [0.717, 1.165) is 5.56 Å². The molecule has 1 aliphatic rings. The fourth-order valence-corrected chi connectivity index (χ4v) is 2.78. The van der Waals surface area contributed by atoms with Gasteiger partial charge in [0.2, 0.25) is 0 Å². The van der Waals surface area contributed by atoms with Crippen molar-refractivity contribution in [1.82, 2.24) is 5.32 Å². The smallest absolute Gasteiger partial charge is 0.127 e. The van der Waals surface area contributed by atoms with Crippen molar-refractivity contribution < 1.29 is 4.39 Å². The van der Waals surface area contributed by atoms with Crippen molar-refractivity contribution in [2.24, 2.45) is 10.8 Å². The summed E-state index contributed by atoms with van der Waals surface area (Å²) in [5.74, 6) is -0.122. The monoisotopic (exact) mass is 235 g/mol. The van der Waals surface area contributed by atoms with Crippen LogP contribution in [0.1, 0.15) is 46.2 Å². The van der Waals surface area contributed by atoms with Crippen LogP contribution < -0.4 is 5.32 Å². The van der Waals surface area contributed by atoms with E-state index in [1.54, 1.807) is 6.07 Å². The van der Waals surface area contributed by atoms with Gasteiger partial charge >= 0.3 is 0 Å². The maximum Gasteiger partial charge on any atom is 0.127 e. The first kappa shape index (κ1) is 12.6. The molecule has 17 heavy (non-hydrogen) atoms. The molecule has 1 unspecified atom stereocenters. The Kier molecular flexibility index (Phi) is 2.81. The molecule has 0 aromatic heterocycles. The third-order valence-corrected chi connectivity index (χ3v) is 4.81. The lowest BCUT2D eigenvalue weighted by Gasteiger charge is -2.16. The van der Waals surface area contributed by atoms with E-state index in [9.17, 15) is 4.39 Å². The molecule has 0 aliphatic heterocycles. The lowest BCUT2D eigenvalue weighted by molar-refractivity contribution is 0.457. The van der Waals surface area contributed by atoms with Gasteiger partial charge in [0.15, 0.2) is 0 Å². The van der Waals surface area contributed by atoms with E-state index in [2.05, 4.69) is 33.0 Å². The first-order valence-electron chi connectivity index (χ1n) is 6.29. The second-order valence-corrected chi connectivity index (χ2v) is 6.29. The molecule has 0 heterocycles. The van der Waals surface area contributed by atoms with Gasteiger partial charge in [0.05, 0.1) is 0 Å². The van der Waals surface area contributed by atoms with Gasteiger partial charge in [0, 0.05) is 17.6 Å². The summed E-state index contributed by atoms with van der Waals surface area (Å²) in [5, 5.41) is 3.55. The molecule has 1 aromatic rings. The highest BCUT2D eigenvalue weighted by atomic mass is 19.1. The minimum Gasteiger partial charge on any atom is -0.306 e. The van der Waals surface area contributed by atoms with E-state index < -0.39 is 0 Å². The Hall–Kier alpha value is -0.890. The Morgan fingerprint density at radius 2 is 1.65 bits per heavy atom. The number of hydrogen-bond acceptors (Lipinski definition) is 1. The van der Waals surface area contributed by atoms with Crippen LogP contribution in [-0.2, 0) is 0 Å². The van der Waals surface area contributed by atoms with Gasteiger partial charge in [-0.2, -0.15) is 0 Å². The number of halogens is 1. The van der Waals surface area contributed by atoms with Crippen LogP contribution in [0.25, 0.3) is 0 Å². The molecule has 0 radical (unpaired) electrons. The fraction of sp³-hybridized carbons (Fsp3) is 0.600. The standard InChI is InChI=1S/C15H22FN/c1-10(11-8-6-7-9-12(11)16)17-13-14(2,3)15(13,4)5/h6-10,13,17H,1-5H3. The van der Waals surface area contributed by atoms with Crippen molar-refractivity contribution in [2.45, 2.75) is 46.7 Å². The second-order valence-electron chi connectivity index (χ2n) is 6.29. The van der Waals surface area contributed by atoms with Crippen LogP contribution in [0.4, 0.5) is 4.39 Å². The summed E-state index contributed by atoms with van der Waals surface area (Å²) in [7, 11) is 0. The van der Waals surface area contributed by atoms with Crippen molar-refractivity contribution in [2.75, 3.05) is 0 Å². The average Bonchev–Trinajstić information content (AvgIpc) is 2.61. The summed E-state index contributed by atoms with van der Waals surface area (Å²) in [6.45, 7) is 11.1. The molecule has 2 rings (SSSR count). The minimum atomic E-state index is -0.122. The van der Waals surface area contributed by atoms with Gasteiger partial charge in [-0.15, -0.1) is 0 Å². The maximum atomic E-state index is 13.7. The summed E-state index contributed by atoms with van der Waals surface area (Å²) >= 11 is 0. The van der Waals surface area contributed by atoms with Crippen LogP contribution in [0.5, 0.6) is 0 Å². The number of rotatable bonds is 3. The second kappa shape index (κ2) is 3.81. The van der Waals surface area contributed by atoms with E-state index in [1.807, 2.05) is 19.1 Å². The van der Waals surface area contributed by atoms with Crippen LogP contribution in [0.3, 0.4) is 0 Å². The zero-order chi connectivity index (χ0) is 12.8. The average molecular weight is 235 g/mol. The third kappa shape index (κ3) is 1.89. The topological polar surface area (TPSA) is 12.0 Å². The van der Waals surface area contributed by atoms with Crippen LogP contribution in [0.2, 0.25) is 0 Å². The molecular weight excluding hydrogens is 213 g/mol. The predicted molar refractivity (Wildman–Crippen MR) is 69.3 cm³/mol. The third-order valence-electron chi connectivity index (χ3n) is 4.81. The van der Waals surface area contributed by atoms with Gasteiger partial charge < -0.3 is 5.32 Å². The lowest BCUT2D eigenvalue weighted by atomic mass is 10.0. The van der Waals surface area contributed by atoms with E-state index in [4.69, 9.17) is 0 Å². The van der Waals surface area contributed by atoms with Crippen LogP contribution >= 0.6 is 0 Å². The van der Waals surface area contributed by atoms with E-state index in [-0.39, 0.29) is 22.7 Å². The molecule has 94 valence electrons. The molecule has 2 heteroatoms. The minimum absolute atomic E-state index is 0.0576. The van der Waals surface area contributed by atoms with Crippen molar-refractivity contribution in [1.29, 1.82) is 0 Å². The van der Waals surface area contributed by atoms with Crippen LogP contribution in [0, 0.1) is 16.6 Å². The predicted octanol–water partition coefficient (Wildman–Crippen LogP) is 3.91. The van der Waals surface area contributed by atoms with E-state index in [1.165, 1.54) is 6.07 Å². The highest BCUT2D eigenvalue weighted by Crippen LogP contribution is 2.63. The fourth-order valence-electron chi connectivity index (χ4n) is 2.78. The van der Waals surface area contributed by atoms with Crippen molar-refractivity contribution >= 4 is 0 Å². The molecule has 1 nitrogen and oxygen atoms in total. The molecule has 1 saturated carbocycles. The summed E-state index contributed by atoms with van der Waals surface area (Å²) in [6.07, 6.45) is 0. The van der Waals surface area contributed by atoms with Gasteiger partial charge in [-0.05, 0) is 23.8 Å². The van der Waals surface area contributed by atoms with Crippen LogP contribution in [-0.4, -0.2) is 6.04 Å². The van der Waals surface area contributed by atoms with Gasteiger partial charge in [-0.1, -0.05) is 45.9 Å². The highest BCUT2D eigenvalue weighted by Gasteiger charge is 2.64. The van der Waals surface area contributed by atoms with E-state index >= 15 is 0 Å². The van der Waals surface area contributed by atoms with Crippen molar-refractivity contribution in [3.8, 4) is 0 Å². The van der Waals surface area contributed by atoms with Gasteiger partial charge in [0.25, 0.3) is 0 Å². The molecule has 0 spiro atoms. The Morgan fingerprint density at radius 1 is 1.12 bits per heavy atom. The Balaban J connectivity index is 2.10. The molecule has 1 aliphatic carbocycles. The zero-order valence-electron chi connectivity index (χ0n) is 11.3. The molecule has 1 N–H and O–H groups in total. The lowest BCUT2D eigenvalue weighted by Crippen LogP contribution is -2.26. The summed E-state index contributed by atoms with van der Waals surface area (Å²) in [5.41, 5.74) is 1.32. The molecule has 1 fully saturated rings. The molecule has 0 bridgehead atoms. The number of hydrogen-bond donors (Lipinski definition) is 1. The zero-order valence-corrected chi connectivity index (χ0v) is 11.3. The normalized spacial score (nSPS) is 23.4. The van der Waals surface area contributed by atoms with Crippen LogP contribution in [0.15, 0.2) is 24.3 Å². The van der Waals surface area contributed by atoms with Crippen molar-refractivity contribution in [3.05, 3.63) is 35.6 Å². The summed E-state index contributed by atoms with van der Waals surface area (Å²) in [6, 6.07) is 7.51. The largest absolute Gasteiger partial charge is 0.306 e. The van der Waals surface area contributed by atoms with Gasteiger partial charge in [-0.3, -0.25) is 0 Å². The Bertz CT molecular complexity index is 409. The van der Waals surface area contributed by atoms with E-state index in [0.29, 0.717) is 6.04 Å². The molecule has 0 saturated heterocycles. The molecular formula is C15H22FN.